The fraction of sp³-hybridized carbons (Fsp3) is 0.500. The average molecular weight is 212 g/mol. The van der Waals surface area contributed by atoms with E-state index in [2.05, 4.69) is 16.1 Å². The quantitative estimate of drug-likeness (QED) is 0.800. The van der Waals surface area contributed by atoms with Gasteiger partial charge in [-0.1, -0.05) is 0 Å². The molecule has 0 fully saturated rings. The van der Waals surface area contributed by atoms with Crippen molar-refractivity contribution in [1.82, 2.24) is 4.98 Å². The molecule has 0 radical (unpaired) electrons. The molecule has 1 N–H and O–H groups in total. The minimum Gasteiger partial charge on any atom is -0.392 e. The van der Waals surface area contributed by atoms with Gasteiger partial charge in [0.25, 0.3) is 0 Å². The topological polar surface area (TPSA) is 36.4 Å². The number of aliphatic hydroxyl groups excluding tert-OH is 1. The fourth-order valence-corrected chi connectivity index (χ4v) is 1.70. The number of anilines is 1. The van der Waals surface area contributed by atoms with Crippen molar-refractivity contribution in [3.05, 3.63) is 24.0 Å². The molecule has 0 aliphatic heterocycles. The van der Waals surface area contributed by atoms with E-state index in [9.17, 15) is 0 Å². The van der Waals surface area contributed by atoms with E-state index in [-0.39, 0.29) is 6.61 Å². The molecule has 78 valence electrons. The summed E-state index contributed by atoms with van der Waals surface area (Å²) >= 11 is 1.81. The summed E-state index contributed by atoms with van der Waals surface area (Å²) in [7, 11) is 2.02. The Morgan fingerprint density at radius 1 is 1.57 bits per heavy atom. The zero-order chi connectivity index (χ0) is 10.4. The highest BCUT2D eigenvalue weighted by atomic mass is 32.2. The molecular formula is C10H16N2OS. The highest BCUT2D eigenvalue weighted by Crippen LogP contribution is 2.17. The number of hydrogen-bond acceptors (Lipinski definition) is 4. The molecule has 0 aliphatic rings. The molecule has 1 aromatic heterocycles. The second-order valence-electron chi connectivity index (χ2n) is 3.08. The van der Waals surface area contributed by atoms with Gasteiger partial charge in [0.1, 0.15) is 0 Å². The van der Waals surface area contributed by atoms with Crippen molar-refractivity contribution in [2.45, 2.75) is 6.61 Å². The number of hydrogen-bond donors (Lipinski definition) is 1. The Labute approximate surface area is 89.2 Å². The van der Waals surface area contributed by atoms with Gasteiger partial charge in [0.05, 0.1) is 18.5 Å². The van der Waals surface area contributed by atoms with Crippen molar-refractivity contribution in [1.29, 1.82) is 0 Å². The fourth-order valence-electron chi connectivity index (χ4n) is 1.24. The molecule has 1 heterocycles. The van der Waals surface area contributed by atoms with Crippen molar-refractivity contribution in [3.63, 3.8) is 0 Å². The van der Waals surface area contributed by atoms with Crippen LogP contribution in [0.1, 0.15) is 5.56 Å². The van der Waals surface area contributed by atoms with E-state index in [1.54, 1.807) is 12.4 Å². The number of nitrogens with zero attached hydrogens (tertiary/aromatic N) is 2. The first-order valence-electron chi connectivity index (χ1n) is 4.53. The van der Waals surface area contributed by atoms with Crippen molar-refractivity contribution < 1.29 is 5.11 Å². The maximum absolute atomic E-state index is 9.13. The zero-order valence-corrected chi connectivity index (χ0v) is 9.42. The van der Waals surface area contributed by atoms with Gasteiger partial charge in [-0.25, -0.2) is 0 Å². The maximum atomic E-state index is 9.13. The Bertz CT molecular complexity index is 281. The van der Waals surface area contributed by atoms with Gasteiger partial charge in [0.2, 0.25) is 0 Å². The molecular weight excluding hydrogens is 196 g/mol. The molecule has 1 aromatic rings. The van der Waals surface area contributed by atoms with Crippen LogP contribution in [0, 0.1) is 0 Å². The summed E-state index contributed by atoms with van der Waals surface area (Å²) in [5, 5.41) is 9.13. The summed E-state index contributed by atoms with van der Waals surface area (Å²) < 4.78 is 0. The van der Waals surface area contributed by atoms with E-state index in [4.69, 9.17) is 5.11 Å². The lowest BCUT2D eigenvalue weighted by molar-refractivity contribution is 0.282. The average Bonchev–Trinajstić information content (AvgIpc) is 2.25. The zero-order valence-electron chi connectivity index (χ0n) is 8.60. The van der Waals surface area contributed by atoms with Gasteiger partial charge in [0, 0.05) is 31.1 Å². The van der Waals surface area contributed by atoms with Crippen LogP contribution >= 0.6 is 11.8 Å². The largest absolute Gasteiger partial charge is 0.392 e. The molecule has 0 bridgehead atoms. The molecule has 0 atom stereocenters. The standard InChI is InChI=1S/C10H16N2OS/c1-12(5-6-14-2)10-7-11-4-3-9(10)8-13/h3-4,7,13H,5-6,8H2,1-2H3. The first kappa shape index (κ1) is 11.3. The van der Waals surface area contributed by atoms with Gasteiger partial charge in [-0.3, -0.25) is 4.98 Å². The molecule has 0 saturated heterocycles. The Morgan fingerprint density at radius 3 is 3.00 bits per heavy atom. The predicted molar refractivity (Wildman–Crippen MR) is 61.8 cm³/mol. The van der Waals surface area contributed by atoms with Gasteiger partial charge in [-0.2, -0.15) is 11.8 Å². The Hall–Kier alpha value is -0.740. The minimum absolute atomic E-state index is 0.0709. The molecule has 0 saturated carbocycles. The third-order valence-corrected chi connectivity index (χ3v) is 2.69. The van der Waals surface area contributed by atoms with Crippen LogP contribution in [0.2, 0.25) is 0 Å². The van der Waals surface area contributed by atoms with Gasteiger partial charge in [0.15, 0.2) is 0 Å². The third-order valence-electron chi connectivity index (χ3n) is 2.10. The lowest BCUT2D eigenvalue weighted by atomic mass is 10.2. The van der Waals surface area contributed by atoms with Crippen molar-refractivity contribution in [3.8, 4) is 0 Å². The highest BCUT2D eigenvalue weighted by Gasteiger charge is 2.05. The van der Waals surface area contributed by atoms with E-state index < -0.39 is 0 Å². The van der Waals surface area contributed by atoms with E-state index in [1.807, 2.05) is 24.9 Å². The molecule has 0 unspecified atom stereocenters. The molecule has 0 aliphatic carbocycles. The lowest BCUT2D eigenvalue weighted by Gasteiger charge is -2.20. The maximum Gasteiger partial charge on any atom is 0.0703 e. The van der Waals surface area contributed by atoms with Crippen molar-refractivity contribution in [2.75, 3.05) is 30.5 Å². The van der Waals surface area contributed by atoms with Crippen LogP contribution in [0.15, 0.2) is 18.5 Å². The minimum atomic E-state index is 0.0709. The molecule has 0 spiro atoms. The predicted octanol–water partition coefficient (Wildman–Crippen LogP) is 1.37. The number of aromatic nitrogens is 1. The summed E-state index contributed by atoms with van der Waals surface area (Å²) in [6, 6.07) is 1.85. The number of pyridine rings is 1. The smallest absolute Gasteiger partial charge is 0.0703 e. The van der Waals surface area contributed by atoms with Crippen LogP contribution in [0.3, 0.4) is 0 Å². The van der Waals surface area contributed by atoms with Gasteiger partial charge in [-0.05, 0) is 12.3 Å². The highest BCUT2D eigenvalue weighted by molar-refractivity contribution is 7.98. The van der Waals surface area contributed by atoms with Gasteiger partial charge >= 0.3 is 0 Å². The second-order valence-corrected chi connectivity index (χ2v) is 4.06. The van der Waals surface area contributed by atoms with Crippen LogP contribution in [0.5, 0.6) is 0 Å². The Kier molecular flexibility index (Phi) is 4.76. The van der Waals surface area contributed by atoms with Crippen LogP contribution in [-0.4, -0.2) is 35.7 Å². The first-order valence-corrected chi connectivity index (χ1v) is 5.92. The van der Waals surface area contributed by atoms with Gasteiger partial charge < -0.3 is 10.0 Å². The Balaban J connectivity index is 2.72. The van der Waals surface area contributed by atoms with E-state index >= 15 is 0 Å². The summed E-state index contributed by atoms with van der Waals surface area (Å²) in [6.07, 6.45) is 5.59. The van der Waals surface area contributed by atoms with Gasteiger partial charge in [-0.15, -0.1) is 0 Å². The van der Waals surface area contributed by atoms with Crippen LogP contribution in [0.25, 0.3) is 0 Å². The SMILES string of the molecule is CSCCN(C)c1cnccc1CO. The lowest BCUT2D eigenvalue weighted by Crippen LogP contribution is -2.21. The first-order chi connectivity index (χ1) is 6.79. The second kappa shape index (κ2) is 5.88. The molecule has 14 heavy (non-hydrogen) atoms. The molecule has 1 rings (SSSR count). The molecule has 3 nitrogen and oxygen atoms in total. The van der Waals surface area contributed by atoms with Crippen molar-refractivity contribution in [2.24, 2.45) is 0 Å². The summed E-state index contributed by atoms with van der Waals surface area (Å²) in [4.78, 5) is 6.18. The number of rotatable bonds is 5. The molecule has 0 amide bonds. The number of aliphatic hydroxyl groups is 1. The number of thioether (sulfide) groups is 1. The van der Waals surface area contributed by atoms with Crippen LogP contribution in [-0.2, 0) is 6.61 Å². The normalized spacial score (nSPS) is 10.2. The summed E-state index contributed by atoms with van der Waals surface area (Å²) in [5.41, 5.74) is 1.95. The van der Waals surface area contributed by atoms with Crippen molar-refractivity contribution >= 4 is 17.4 Å². The van der Waals surface area contributed by atoms with E-state index in [0.717, 1.165) is 23.5 Å². The summed E-state index contributed by atoms with van der Waals surface area (Å²) in [6.45, 7) is 1.04. The third kappa shape index (κ3) is 2.89. The Morgan fingerprint density at radius 2 is 2.36 bits per heavy atom. The van der Waals surface area contributed by atoms with E-state index in [0.29, 0.717) is 0 Å². The van der Waals surface area contributed by atoms with Crippen LogP contribution < -0.4 is 4.90 Å². The van der Waals surface area contributed by atoms with E-state index in [1.165, 1.54) is 0 Å². The molecule has 4 heteroatoms. The van der Waals surface area contributed by atoms with Crippen LogP contribution in [0.4, 0.5) is 5.69 Å². The monoisotopic (exact) mass is 212 g/mol. The summed E-state index contributed by atoms with van der Waals surface area (Å²) in [5.74, 6) is 1.08. The molecule has 0 aromatic carbocycles.